The smallest absolute Gasteiger partial charge is 0.167 e. The molecule has 24 heavy (non-hydrogen) atoms. The SMILES string of the molecule is Cc1ccc2cccc(CC(=O)c3ccc(CC(C)C)cc3)c2n1. The van der Waals surface area contributed by atoms with Gasteiger partial charge in [-0.15, -0.1) is 0 Å². The Morgan fingerprint density at radius 3 is 2.46 bits per heavy atom. The number of benzene rings is 2. The topological polar surface area (TPSA) is 30.0 Å². The molecule has 0 N–H and O–H groups in total. The number of carbonyl (C=O) groups is 1. The van der Waals surface area contributed by atoms with Crippen molar-refractivity contribution in [2.24, 2.45) is 5.92 Å². The lowest BCUT2D eigenvalue weighted by Crippen LogP contribution is -2.05. The van der Waals surface area contributed by atoms with Crippen molar-refractivity contribution in [3.05, 3.63) is 77.0 Å². The molecule has 1 aromatic heterocycles. The minimum Gasteiger partial charge on any atom is -0.294 e. The molecule has 0 amide bonds. The molecule has 0 unspecified atom stereocenters. The van der Waals surface area contributed by atoms with Gasteiger partial charge in [-0.2, -0.15) is 0 Å². The van der Waals surface area contributed by atoms with Crippen LogP contribution in [0.3, 0.4) is 0 Å². The molecule has 3 rings (SSSR count). The van der Waals surface area contributed by atoms with Gasteiger partial charge in [0.2, 0.25) is 0 Å². The Balaban J connectivity index is 1.83. The summed E-state index contributed by atoms with van der Waals surface area (Å²) >= 11 is 0. The summed E-state index contributed by atoms with van der Waals surface area (Å²) in [7, 11) is 0. The number of carbonyl (C=O) groups excluding carboxylic acids is 1. The summed E-state index contributed by atoms with van der Waals surface area (Å²) in [5, 5.41) is 1.08. The van der Waals surface area contributed by atoms with Crippen molar-refractivity contribution in [3.63, 3.8) is 0 Å². The predicted octanol–water partition coefficient (Wildman–Crippen LogP) is 5.17. The van der Waals surface area contributed by atoms with E-state index in [0.717, 1.165) is 34.1 Å². The predicted molar refractivity (Wildman–Crippen MR) is 99.5 cm³/mol. The van der Waals surface area contributed by atoms with Crippen molar-refractivity contribution < 1.29 is 4.79 Å². The molecule has 2 nitrogen and oxygen atoms in total. The number of pyridine rings is 1. The summed E-state index contributed by atoms with van der Waals surface area (Å²) in [6.07, 6.45) is 1.43. The average molecular weight is 317 g/mol. The van der Waals surface area contributed by atoms with Gasteiger partial charge in [0.25, 0.3) is 0 Å². The third-order valence-electron chi connectivity index (χ3n) is 4.21. The van der Waals surface area contributed by atoms with Gasteiger partial charge in [-0.1, -0.05) is 62.4 Å². The van der Waals surface area contributed by atoms with Gasteiger partial charge in [0.05, 0.1) is 5.52 Å². The van der Waals surface area contributed by atoms with Gasteiger partial charge in [0, 0.05) is 23.1 Å². The Morgan fingerprint density at radius 1 is 1.00 bits per heavy atom. The molecule has 0 saturated carbocycles. The number of nitrogens with zero attached hydrogens (tertiary/aromatic N) is 1. The molecule has 0 aliphatic heterocycles. The molecule has 0 atom stereocenters. The third kappa shape index (κ3) is 3.70. The Hall–Kier alpha value is -2.48. The van der Waals surface area contributed by atoms with Gasteiger partial charge in [0.1, 0.15) is 0 Å². The molecule has 0 aliphatic carbocycles. The van der Waals surface area contributed by atoms with Crippen LogP contribution in [-0.2, 0) is 12.8 Å². The van der Waals surface area contributed by atoms with E-state index in [1.807, 2.05) is 43.3 Å². The highest BCUT2D eigenvalue weighted by Gasteiger charge is 2.11. The molecule has 3 aromatic rings. The fourth-order valence-electron chi connectivity index (χ4n) is 3.02. The molecule has 0 saturated heterocycles. The second-order valence-corrected chi connectivity index (χ2v) is 6.84. The van der Waals surface area contributed by atoms with Gasteiger partial charge >= 0.3 is 0 Å². The van der Waals surface area contributed by atoms with Gasteiger partial charge < -0.3 is 0 Å². The molecule has 0 radical (unpaired) electrons. The molecule has 2 heteroatoms. The summed E-state index contributed by atoms with van der Waals surface area (Å²) in [6, 6.07) is 18.1. The number of para-hydroxylation sites is 1. The maximum Gasteiger partial charge on any atom is 0.167 e. The van der Waals surface area contributed by atoms with E-state index >= 15 is 0 Å². The minimum absolute atomic E-state index is 0.141. The fraction of sp³-hybridized carbons (Fsp3) is 0.273. The lowest BCUT2D eigenvalue weighted by atomic mass is 9.97. The van der Waals surface area contributed by atoms with E-state index < -0.39 is 0 Å². The Kier molecular flexibility index (Phi) is 4.75. The molecule has 0 bridgehead atoms. The largest absolute Gasteiger partial charge is 0.294 e. The van der Waals surface area contributed by atoms with E-state index in [4.69, 9.17) is 0 Å². The van der Waals surface area contributed by atoms with E-state index in [-0.39, 0.29) is 5.78 Å². The van der Waals surface area contributed by atoms with Crippen LogP contribution < -0.4 is 0 Å². The number of Topliss-reactive ketones (excluding diaryl/α,β-unsaturated/α-hetero) is 1. The van der Waals surface area contributed by atoms with Crippen molar-refractivity contribution in [1.82, 2.24) is 4.98 Å². The summed E-state index contributed by atoms with van der Waals surface area (Å²) in [6.45, 7) is 6.38. The second kappa shape index (κ2) is 6.96. The molecular formula is C22H23NO. The summed E-state index contributed by atoms with van der Waals surface area (Å²) in [5.74, 6) is 0.762. The van der Waals surface area contributed by atoms with Crippen LogP contribution in [0.4, 0.5) is 0 Å². The summed E-state index contributed by atoms with van der Waals surface area (Å²) in [4.78, 5) is 17.3. The number of ketones is 1. The molecule has 0 aliphatic rings. The monoisotopic (exact) mass is 317 g/mol. The average Bonchev–Trinajstić information content (AvgIpc) is 2.55. The lowest BCUT2D eigenvalue weighted by molar-refractivity contribution is 0.0993. The van der Waals surface area contributed by atoms with Crippen molar-refractivity contribution in [1.29, 1.82) is 0 Å². The number of aromatic nitrogens is 1. The normalized spacial score (nSPS) is 11.2. The highest BCUT2D eigenvalue weighted by molar-refractivity contribution is 5.99. The molecule has 2 aromatic carbocycles. The quantitative estimate of drug-likeness (QED) is 0.608. The van der Waals surface area contributed by atoms with E-state index in [0.29, 0.717) is 12.3 Å². The number of rotatable bonds is 5. The first-order valence-corrected chi connectivity index (χ1v) is 8.50. The van der Waals surface area contributed by atoms with E-state index in [1.54, 1.807) is 0 Å². The third-order valence-corrected chi connectivity index (χ3v) is 4.21. The minimum atomic E-state index is 0.141. The van der Waals surface area contributed by atoms with Crippen LogP contribution in [0.1, 0.15) is 41.0 Å². The zero-order valence-corrected chi connectivity index (χ0v) is 14.5. The first kappa shape index (κ1) is 16.4. The van der Waals surface area contributed by atoms with Crippen LogP contribution in [0.25, 0.3) is 10.9 Å². The second-order valence-electron chi connectivity index (χ2n) is 6.84. The lowest BCUT2D eigenvalue weighted by Gasteiger charge is -2.08. The number of fused-ring (bicyclic) bond motifs is 1. The van der Waals surface area contributed by atoms with Crippen LogP contribution in [0.2, 0.25) is 0 Å². The van der Waals surface area contributed by atoms with Crippen LogP contribution >= 0.6 is 0 Å². The van der Waals surface area contributed by atoms with Crippen molar-refractivity contribution >= 4 is 16.7 Å². The van der Waals surface area contributed by atoms with Gasteiger partial charge in [-0.05, 0) is 36.5 Å². The van der Waals surface area contributed by atoms with E-state index in [1.165, 1.54) is 5.56 Å². The van der Waals surface area contributed by atoms with Crippen molar-refractivity contribution in [2.75, 3.05) is 0 Å². The molecule has 122 valence electrons. The van der Waals surface area contributed by atoms with Crippen LogP contribution in [0.15, 0.2) is 54.6 Å². The number of hydrogen-bond donors (Lipinski definition) is 0. The first-order chi connectivity index (χ1) is 11.5. The van der Waals surface area contributed by atoms with Gasteiger partial charge in [-0.3, -0.25) is 9.78 Å². The summed E-state index contributed by atoms with van der Waals surface area (Å²) in [5.41, 5.74) is 4.95. The molecule has 0 spiro atoms. The highest BCUT2D eigenvalue weighted by atomic mass is 16.1. The number of hydrogen-bond acceptors (Lipinski definition) is 2. The Bertz CT molecular complexity index is 863. The Morgan fingerprint density at radius 2 is 1.75 bits per heavy atom. The molecule has 0 fully saturated rings. The van der Waals surface area contributed by atoms with Crippen LogP contribution in [-0.4, -0.2) is 10.8 Å². The number of aryl methyl sites for hydroxylation is 1. The maximum absolute atomic E-state index is 12.6. The zero-order chi connectivity index (χ0) is 17.1. The van der Waals surface area contributed by atoms with E-state index in [9.17, 15) is 4.79 Å². The van der Waals surface area contributed by atoms with Crippen LogP contribution in [0.5, 0.6) is 0 Å². The zero-order valence-electron chi connectivity index (χ0n) is 14.5. The maximum atomic E-state index is 12.6. The van der Waals surface area contributed by atoms with Crippen LogP contribution in [0, 0.1) is 12.8 Å². The Labute approximate surface area is 143 Å². The van der Waals surface area contributed by atoms with E-state index in [2.05, 4.69) is 37.0 Å². The summed E-state index contributed by atoms with van der Waals surface area (Å²) < 4.78 is 0. The van der Waals surface area contributed by atoms with Crippen molar-refractivity contribution in [3.8, 4) is 0 Å². The standard InChI is InChI=1S/C22H23NO/c1-15(2)13-17-8-11-18(12-9-17)21(24)14-20-6-4-5-19-10-7-16(3)23-22(19)20/h4-12,15H,13-14H2,1-3H3. The first-order valence-electron chi connectivity index (χ1n) is 8.50. The fourth-order valence-corrected chi connectivity index (χ4v) is 3.02. The molecular weight excluding hydrogens is 294 g/mol. The highest BCUT2D eigenvalue weighted by Crippen LogP contribution is 2.19. The van der Waals surface area contributed by atoms with Crippen molar-refractivity contribution in [2.45, 2.75) is 33.6 Å². The van der Waals surface area contributed by atoms with Gasteiger partial charge in [0.15, 0.2) is 5.78 Å². The molecule has 1 heterocycles. The van der Waals surface area contributed by atoms with Gasteiger partial charge in [-0.25, -0.2) is 0 Å².